The van der Waals surface area contributed by atoms with Gasteiger partial charge in [-0.25, -0.2) is 0 Å². The van der Waals surface area contributed by atoms with Crippen molar-refractivity contribution in [2.45, 2.75) is 26.7 Å². The van der Waals surface area contributed by atoms with Gasteiger partial charge < -0.3 is 14.2 Å². The smallest absolute Gasteiger partial charge is 0.311 e. The molecule has 0 saturated carbocycles. The van der Waals surface area contributed by atoms with E-state index in [2.05, 4.69) is 0 Å². The van der Waals surface area contributed by atoms with Crippen LogP contribution >= 0.6 is 0 Å². The molecule has 0 aliphatic carbocycles. The van der Waals surface area contributed by atoms with E-state index in [-0.39, 0.29) is 18.2 Å². The summed E-state index contributed by atoms with van der Waals surface area (Å²) in [5.74, 6) is 1.40. The zero-order chi connectivity index (χ0) is 18.2. The Morgan fingerprint density at radius 3 is 2.32 bits per heavy atom. The summed E-state index contributed by atoms with van der Waals surface area (Å²) >= 11 is 0. The number of benzene rings is 2. The second-order valence-corrected chi connectivity index (χ2v) is 5.47. The van der Waals surface area contributed by atoms with Gasteiger partial charge in [0.2, 0.25) is 0 Å². The van der Waals surface area contributed by atoms with E-state index in [1.54, 1.807) is 31.4 Å². The van der Waals surface area contributed by atoms with Gasteiger partial charge in [0.1, 0.15) is 5.75 Å². The topological polar surface area (TPSA) is 61.8 Å². The molecule has 132 valence electrons. The second kappa shape index (κ2) is 8.87. The van der Waals surface area contributed by atoms with Gasteiger partial charge in [0, 0.05) is 12.0 Å². The van der Waals surface area contributed by atoms with E-state index in [1.807, 2.05) is 25.1 Å². The molecule has 0 N–H and O–H groups in total. The predicted octanol–water partition coefficient (Wildman–Crippen LogP) is 3.83. The van der Waals surface area contributed by atoms with Crippen molar-refractivity contribution < 1.29 is 23.8 Å². The molecule has 5 heteroatoms. The Labute approximate surface area is 147 Å². The van der Waals surface area contributed by atoms with Crippen LogP contribution < -0.4 is 14.2 Å². The number of methoxy groups -OCH3 is 1. The molecule has 0 spiro atoms. The van der Waals surface area contributed by atoms with E-state index in [1.165, 1.54) is 6.92 Å². The van der Waals surface area contributed by atoms with Crippen molar-refractivity contribution in [1.82, 2.24) is 0 Å². The van der Waals surface area contributed by atoms with Crippen molar-refractivity contribution in [2.75, 3.05) is 13.7 Å². The predicted molar refractivity (Wildman–Crippen MR) is 94.6 cm³/mol. The quantitative estimate of drug-likeness (QED) is 0.414. The van der Waals surface area contributed by atoms with Crippen LogP contribution in [0.2, 0.25) is 0 Å². The first kappa shape index (κ1) is 18.5. The molecule has 0 unspecified atom stereocenters. The Morgan fingerprint density at radius 1 is 1.00 bits per heavy atom. The van der Waals surface area contributed by atoms with Crippen LogP contribution in [0.3, 0.4) is 0 Å². The van der Waals surface area contributed by atoms with Crippen molar-refractivity contribution in [2.24, 2.45) is 0 Å². The van der Waals surface area contributed by atoms with Crippen LogP contribution in [-0.2, 0) is 11.2 Å². The van der Waals surface area contributed by atoms with Gasteiger partial charge in [-0.05, 0) is 62.2 Å². The molecule has 2 rings (SSSR count). The minimum Gasteiger partial charge on any atom is -0.493 e. The molecule has 2 aromatic carbocycles. The summed E-state index contributed by atoms with van der Waals surface area (Å²) in [4.78, 5) is 23.2. The largest absolute Gasteiger partial charge is 0.493 e. The molecule has 0 fully saturated rings. The fourth-order valence-electron chi connectivity index (χ4n) is 2.33. The maximum absolute atomic E-state index is 12.0. The van der Waals surface area contributed by atoms with E-state index in [0.29, 0.717) is 35.8 Å². The SMILES string of the molecule is CCOc1ccc(CCC(=O)Oc2ccc(C(C)=O)cc2)cc1OC. The second-order valence-electron chi connectivity index (χ2n) is 5.47. The van der Waals surface area contributed by atoms with Crippen LogP contribution in [0.4, 0.5) is 0 Å². The highest BCUT2D eigenvalue weighted by molar-refractivity contribution is 5.94. The number of ketones is 1. The fraction of sp³-hybridized carbons (Fsp3) is 0.300. The third kappa shape index (κ3) is 5.35. The Hall–Kier alpha value is -2.82. The average molecular weight is 342 g/mol. The van der Waals surface area contributed by atoms with Gasteiger partial charge in [-0.2, -0.15) is 0 Å². The number of hydrogen-bond donors (Lipinski definition) is 0. The highest BCUT2D eigenvalue weighted by Crippen LogP contribution is 2.28. The third-order valence-corrected chi connectivity index (χ3v) is 3.64. The number of rotatable bonds is 8. The van der Waals surface area contributed by atoms with Crippen molar-refractivity contribution >= 4 is 11.8 Å². The summed E-state index contributed by atoms with van der Waals surface area (Å²) in [6.45, 7) is 3.96. The first-order chi connectivity index (χ1) is 12.0. The third-order valence-electron chi connectivity index (χ3n) is 3.64. The van der Waals surface area contributed by atoms with Gasteiger partial charge in [-0.1, -0.05) is 6.07 Å². The summed E-state index contributed by atoms with van der Waals surface area (Å²) in [6, 6.07) is 12.1. The maximum atomic E-state index is 12.0. The Kier molecular flexibility index (Phi) is 6.57. The molecule has 5 nitrogen and oxygen atoms in total. The first-order valence-corrected chi connectivity index (χ1v) is 8.15. The molecular formula is C20H22O5. The van der Waals surface area contributed by atoms with Gasteiger partial charge >= 0.3 is 5.97 Å². The molecule has 0 aliphatic heterocycles. The number of hydrogen-bond acceptors (Lipinski definition) is 5. The Balaban J connectivity index is 1.92. The number of Topliss-reactive ketones (excluding diaryl/α,β-unsaturated/α-hetero) is 1. The van der Waals surface area contributed by atoms with Gasteiger partial charge in [-0.15, -0.1) is 0 Å². The molecule has 0 amide bonds. The Bertz CT molecular complexity index is 734. The summed E-state index contributed by atoms with van der Waals surface area (Å²) in [6.07, 6.45) is 0.777. The summed E-state index contributed by atoms with van der Waals surface area (Å²) in [7, 11) is 1.58. The highest BCUT2D eigenvalue weighted by Gasteiger charge is 2.09. The maximum Gasteiger partial charge on any atom is 0.311 e. The summed E-state index contributed by atoms with van der Waals surface area (Å²) in [5, 5.41) is 0. The highest BCUT2D eigenvalue weighted by atomic mass is 16.5. The normalized spacial score (nSPS) is 10.2. The zero-order valence-electron chi connectivity index (χ0n) is 14.7. The van der Waals surface area contributed by atoms with Crippen molar-refractivity contribution in [3.63, 3.8) is 0 Å². The van der Waals surface area contributed by atoms with E-state index >= 15 is 0 Å². The molecule has 0 aromatic heterocycles. The number of carbonyl (C=O) groups is 2. The van der Waals surface area contributed by atoms with E-state index < -0.39 is 0 Å². The van der Waals surface area contributed by atoms with Crippen LogP contribution in [0.25, 0.3) is 0 Å². The van der Waals surface area contributed by atoms with Crippen LogP contribution in [-0.4, -0.2) is 25.5 Å². The van der Waals surface area contributed by atoms with E-state index in [0.717, 1.165) is 5.56 Å². The fourth-order valence-corrected chi connectivity index (χ4v) is 2.33. The minimum absolute atomic E-state index is 0.0256. The van der Waals surface area contributed by atoms with Crippen molar-refractivity contribution in [1.29, 1.82) is 0 Å². The van der Waals surface area contributed by atoms with Crippen molar-refractivity contribution in [3.8, 4) is 17.2 Å². The van der Waals surface area contributed by atoms with Gasteiger partial charge in [-0.3, -0.25) is 9.59 Å². The lowest BCUT2D eigenvalue weighted by molar-refractivity contribution is -0.134. The number of ether oxygens (including phenoxy) is 3. The number of aryl methyl sites for hydroxylation is 1. The molecule has 0 bridgehead atoms. The van der Waals surface area contributed by atoms with Crippen LogP contribution in [0.5, 0.6) is 17.2 Å². The first-order valence-electron chi connectivity index (χ1n) is 8.15. The lowest BCUT2D eigenvalue weighted by Gasteiger charge is -2.11. The molecule has 0 radical (unpaired) electrons. The number of esters is 1. The molecule has 0 atom stereocenters. The number of carbonyl (C=O) groups excluding carboxylic acids is 2. The van der Waals surface area contributed by atoms with Gasteiger partial charge in [0.25, 0.3) is 0 Å². The molecular weight excluding hydrogens is 320 g/mol. The zero-order valence-corrected chi connectivity index (χ0v) is 14.7. The molecule has 0 aliphatic rings. The van der Waals surface area contributed by atoms with Crippen LogP contribution in [0.1, 0.15) is 36.2 Å². The van der Waals surface area contributed by atoms with Gasteiger partial charge in [0.15, 0.2) is 17.3 Å². The molecule has 0 saturated heterocycles. The van der Waals surface area contributed by atoms with E-state index in [9.17, 15) is 9.59 Å². The standard InChI is InChI=1S/C20H22O5/c1-4-24-18-11-5-15(13-19(18)23-3)6-12-20(22)25-17-9-7-16(8-10-17)14(2)21/h5,7-11,13H,4,6,12H2,1-3H3. The molecule has 25 heavy (non-hydrogen) atoms. The lowest BCUT2D eigenvalue weighted by atomic mass is 10.1. The molecule has 0 heterocycles. The van der Waals surface area contributed by atoms with Crippen LogP contribution in [0.15, 0.2) is 42.5 Å². The lowest BCUT2D eigenvalue weighted by Crippen LogP contribution is -2.09. The van der Waals surface area contributed by atoms with Crippen LogP contribution in [0, 0.1) is 0 Å². The minimum atomic E-state index is -0.330. The molecule has 2 aromatic rings. The Morgan fingerprint density at radius 2 is 1.72 bits per heavy atom. The van der Waals surface area contributed by atoms with E-state index in [4.69, 9.17) is 14.2 Å². The average Bonchev–Trinajstić information content (AvgIpc) is 2.61. The summed E-state index contributed by atoms with van der Waals surface area (Å²) < 4.78 is 16.1. The van der Waals surface area contributed by atoms with Gasteiger partial charge in [0.05, 0.1) is 13.7 Å². The van der Waals surface area contributed by atoms with Crippen molar-refractivity contribution in [3.05, 3.63) is 53.6 Å². The summed E-state index contributed by atoms with van der Waals surface area (Å²) in [5.41, 5.74) is 1.55. The monoisotopic (exact) mass is 342 g/mol.